The number of nitrogens with zero attached hydrogens (tertiary/aromatic N) is 2. The lowest BCUT2D eigenvalue weighted by Crippen LogP contribution is -1.96. The van der Waals surface area contributed by atoms with E-state index in [1.165, 1.54) is 6.07 Å². The average molecular weight is 278 g/mol. The summed E-state index contributed by atoms with van der Waals surface area (Å²) in [6, 6.07) is 14.6. The van der Waals surface area contributed by atoms with E-state index in [1.807, 2.05) is 30.3 Å². The maximum absolute atomic E-state index is 14.1. The third kappa shape index (κ3) is 1.90. The third-order valence-electron chi connectivity index (χ3n) is 3.41. The molecule has 4 rings (SSSR count). The molecule has 0 unspecified atom stereocenters. The maximum atomic E-state index is 14.1. The zero-order chi connectivity index (χ0) is 14.2. The van der Waals surface area contributed by atoms with Crippen LogP contribution in [-0.4, -0.2) is 15.2 Å². The van der Waals surface area contributed by atoms with Gasteiger partial charge in [-0.2, -0.15) is 5.10 Å². The van der Waals surface area contributed by atoms with Crippen molar-refractivity contribution in [2.45, 2.75) is 0 Å². The van der Waals surface area contributed by atoms with Gasteiger partial charge in [0.05, 0.1) is 11.7 Å². The highest BCUT2D eigenvalue weighted by molar-refractivity contribution is 6.08. The predicted molar refractivity (Wildman–Crippen MR) is 81.1 cm³/mol. The molecule has 0 spiro atoms. The van der Waals surface area contributed by atoms with Crippen molar-refractivity contribution in [2.24, 2.45) is 0 Å². The van der Waals surface area contributed by atoms with E-state index in [0.29, 0.717) is 22.2 Å². The Kier molecular flexibility index (Phi) is 2.57. The van der Waals surface area contributed by atoms with Crippen molar-refractivity contribution in [3.05, 3.63) is 60.5 Å². The minimum Gasteiger partial charge on any atom is -0.338 e. The molecule has 2 aromatic heterocycles. The van der Waals surface area contributed by atoms with Gasteiger partial charge in [0.15, 0.2) is 5.82 Å². The molecule has 4 nitrogen and oxygen atoms in total. The third-order valence-corrected chi connectivity index (χ3v) is 3.41. The summed E-state index contributed by atoms with van der Waals surface area (Å²) in [7, 11) is 0. The highest BCUT2D eigenvalue weighted by Crippen LogP contribution is 2.30. The number of aromatic nitrogens is 3. The van der Waals surface area contributed by atoms with Crippen LogP contribution < -0.4 is 5.32 Å². The fourth-order valence-corrected chi connectivity index (χ4v) is 2.45. The number of nitrogens with one attached hydrogen (secondary N) is 2. The van der Waals surface area contributed by atoms with Crippen molar-refractivity contribution >= 4 is 33.3 Å². The number of pyridine rings is 1. The molecule has 2 N–H and O–H groups in total. The van der Waals surface area contributed by atoms with Crippen LogP contribution in [0.15, 0.2) is 54.7 Å². The van der Waals surface area contributed by atoms with E-state index >= 15 is 0 Å². The Morgan fingerprint density at radius 1 is 1.00 bits per heavy atom. The molecule has 2 aromatic carbocycles. The second-order valence-corrected chi connectivity index (χ2v) is 4.74. The first kappa shape index (κ1) is 11.8. The molecule has 5 heteroatoms. The van der Waals surface area contributed by atoms with Crippen molar-refractivity contribution in [1.29, 1.82) is 0 Å². The van der Waals surface area contributed by atoms with Gasteiger partial charge in [-0.05, 0) is 24.3 Å². The van der Waals surface area contributed by atoms with Gasteiger partial charge in [0.2, 0.25) is 0 Å². The Labute approximate surface area is 119 Å². The van der Waals surface area contributed by atoms with Gasteiger partial charge in [0.25, 0.3) is 0 Å². The summed E-state index contributed by atoms with van der Waals surface area (Å²) in [4.78, 5) is 4.51. The van der Waals surface area contributed by atoms with E-state index in [1.54, 1.807) is 18.3 Å². The molecule has 2 heterocycles. The summed E-state index contributed by atoms with van der Waals surface area (Å²) in [6.45, 7) is 0. The quantitative estimate of drug-likeness (QED) is 0.583. The van der Waals surface area contributed by atoms with Gasteiger partial charge in [-0.3, -0.25) is 5.10 Å². The van der Waals surface area contributed by atoms with E-state index in [-0.39, 0.29) is 5.82 Å². The van der Waals surface area contributed by atoms with Crippen LogP contribution in [0.4, 0.5) is 15.9 Å². The molecule has 0 atom stereocenters. The molecule has 0 amide bonds. The SMILES string of the molecule is Fc1cccc2nc(Nc3ccccc3)c3[nH]ncc3c12. The number of para-hydroxylation sites is 1. The van der Waals surface area contributed by atoms with E-state index in [4.69, 9.17) is 0 Å². The number of hydrogen-bond acceptors (Lipinski definition) is 3. The first-order valence-electron chi connectivity index (χ1n) is 6.56. The minimum atomic E-state index is -0.294. The molecule has 102 valence electrons. The van der Waals surface area contributed by atoms with Crippen molar-refractivity contribution in [2.75, 3.05) is 5.32 Å². The Hall–Kier alpha value is -2.95. The van der Waals surface area contributed by atoms with Crippen molar-refractivity contribution < 1.29 is 4.39 Å². The Bertz CT molecular complexity index is 931. The number of halogens is 1. The number of benzene rings is 2. The molecular formula is C16H11FN4. The summed E-state index contributed by atoms with van der Waals surface area (Å²) in [5.41, 5.74) is 2.20. The first-order valence-corrected chi connectivity index (χ1v) is 6.56. The monoisotopic (exact) mass is 278 g/mol. The van der Waals surface area contributed by atoms with Crippen LogP contribution in [-0.2, 0) is 0 Å². The Balaban J connectivity index is 1.98. The molecule has 0 aliphatic heterocycles. The number of hydrogen-bond donors (Lipinski definition) is 2. The van der Waals surface area contributed by atoms with Gasteiger partial charge in [-0.15, -0.1) is 0 Å². The van der Waals surface area contributed by atoms with E-state index in [9.17, 15) is 4.39 Å². The number of fused-ring (bicyclic) bond motifs is 3. The van der Waals surface area contributed by atoms with Crippen molar-refractivity contribution in [1.82, 2.24) is 15.2 Å². The molecule has 0 radical (unpaired) electrons. The molecular weight excluding hydrogens is 267 g/mol. The molecule has 21 heavy (non-hydrogen) atoms. The number of H-pyrrole nitrogens is 1. The van der Waals surface area contributed by atoms with Crippen LogP contribution in [0.5, 0.6) is 0 Å². The van der Waals surface area contributed by atoms with Gasteiger partial charge in [0, 0.05) is 16.5 Å². The topological polar surface area (TPSA) is 53.6 Å². The molecule has 0 saturated carbocycles. The van der Waals surface area contributed by atoms with Crippen LogP contribution in [0.2, 0.25) is 0 Å². The summed E-state index contributed by atoms with van der Waals surface area (Å²) >= 11 is 0. The van der Waals surface area contributed by atoms with Crippen LogP contribution in [0.25, 0.3) is 21.8 Å². The van der Waals surface area contributed by atoms with Crippen LogP contribution in [0.3, 0.4) is 0 Å². The molecule has 4 aromatic rings. The smallest absolute Gasteiger partial charge is 0.157 e. The largest absolute Gasteiger partial charge is 0.338 e. The molecule has 0 aliphatic rings. The van der Waals surface area contributed by atoms with Gasteiger partial charge < -0.3 is 5.32 Å². The first-order chi connectivity index (χ1) is 10.3. The average Bonchev–Trinajstić information content (AvgIpc) is 2.98. The van der Waals surface area contributed by atoms with E-state index in [0.717, 1.165) is 11.1 Å². The Morgan fingerprint density at radius 3 is 2.71 bits per heavy atom. The lowest BCUT2D eigenvalue weighted by atomic mass is 10.1. The summed E-state index contributed by atoms with van der Waals surface area (Å²) < 4.78 is 14.1. The zero-order valence-corrected chi connectivity index (χ0v) is 11.0. The minimum absolute atomic E-state index is 0.294. The summed E-state index contributed by atoms with van der Waals surface area (Å²) in [5.74, 6) is 0.337. The lowest BCUT2D eigenvalue weighted by Gasteiger charge is -2.09. The highest BCUT2D eigenvalue weighted by atomic mass is 19.1. The Morgan fingerprint density at radius 2 is 1.86 bits per heavy atom. The molecule has 0 fully saturated rings. The van der Waals surface area contributed by atoms with Gasteiger partial charge >= 0.3 is 0 Å². The number of anilines is 2. The second-order valence-electron chi connectivity index (χ2n) is 4.74. The van der Waals surface area contributed by atoms with Gasteiger partial charge in [-0.1, -0.05) is 24.3 Å². The lowest BCUT2D eigenvalue weighted by molar-refractivity contribution is 0.640. The van der Waals surface area contributed by atoms with Gasteiger partial charge in [0.1, 0.15) is 11.3 Å². The fourth-order valence-electron chi connectivity index (χ4n) is 2.45. The second kappa shape index (κ2) is 4.56. The van der Waals surface area contributed by atoms with Crippen molar-refractivity contribution in [3.63, 3.8) is 0 Å². The summed E-state index contributed by atoms with van der Waals surface area (Å²) in [5, 5.41) is 11.4. The fraction of sp³-hybridized carbons (Fsp3) is 0. The normalized spacial score (nSPS) is 11.1. The predicted octanol–water partition coefficient (Wildman–Crippen LogP) is 3.99. The number of rotatable bonds is 2. The maximum Gasteiger partial charge on any atom is 0.157 e. The van der Waals surface area contributed by atoms with Crippen LogP contribution >= 0.6 is 0 Å². The van der Waals surface area contributed by atoms with Gasteiger partial charge in [-0.25, -0.2) is 9.37 Å². The van der Waals surface area contributed by atoms with Crippen LogP contribution in [0.1, 0.15) is 0 Å². The van der Waals surface area contributed by atoms with E-state index in [2.05, 4.69) is 20.5 Å². The van der Waals surface area contributed by atoms with Crippen LogP contribution in [0, 0.1) is 5.82 Å². The van der Waals surface area contributed by atoms with E-state index < -0.39 is 0 Å². The molecule has 0 bridgehead atoms. The highest BCUT2D eigenvalue weighted by Gasteiger charge is 2.13. The van der Waals surface area contributed by atoms with Crippen molar-refractivity contribution in [3.8, 4) is 0 Å². The standard InChI is InChI=1S/C16H11FN4/c17-12-7-4-8-13-14(12)11-9-18-21-15(11)16(20-13)19-10-5-2-1-3-6-10/h1-9H,(H,18,21)(H,19,20). The zero-order valence-electron chi connectivity index (χ0n) is 11.0. The molecule has 0 aliphatic carbocycles. The number of aromatic amines is 1. The summed E-state index contributed by atoms with van der Waals surface area (Å²) in [6.07, 6.45) is 1.62. The molecule has 0 saturated heterocycles.